The van der Waals surface area contributed by atoms with Crippen LogP contribution in [0.2, 0.25) is 5.02 Å². The lowest BCUT2D eigenvalue weighted by Crippen LogP contribution is -2.03. The number of aryl methyl sites for hydroxylation is 1. The van der Waals surface area contributed by atoms with E-state index < -0.39 is 6.10 Å². The van der Waals surface area contributed by atoms with E-state index >= 15 is 0 Å². The van der Waals surface area contributed by atoms with E-state index in [4.69, 9.17) is 21.1 Å². The number of halogens is 2. The van der Waals surface area contributed by atoms with Crippen molar-refractivity contribution in [3.8, 4) is 11.5 Å². The zero-order valence-corrected chi connectivity index (χ0v) is 14.3. The van der Waals surface area contributed by atoms with Gasteiger partial charge in [0.2, 0.25) is 0 Å². The van der Waals surface area contributed by atoms with E-state index in [1.54, 1.807) is 26.4 Å². The van der Waals surface area contributed by atoms with E-state index in [1.165, 1.54) is 0 Å². The van der Waals surface area contributed by atoms with Crippen molar-refractivity contribution in [3.05, 3.63) is 56.5 Å². The van der Waals surface area contributed by atoms with Crippen LogP contribution in [0, 0.1) is 6.92 Å². The Kier molecular flexibility index (Phi) is 5.14. The topological polar surface area (TPSA) is 38.7 Å². The standard InChI is InChI=1S/C16H16BrClO3/c1-9-4-5-12(17)10(6-9)16(19)11-7-14(20-2)15(21-3)8-13(11)18/h4-8,16,19H,1-3H3. The van der Waals surface area contributed by atoms with Gasteiger partial charge in [-0.1, -0.05) is 45.2 Å². The molecule has 0 radical (unpaired) electrons. The Morgan fingerprint density at radius 2 is 1.67 bits per heavy atom. The van der Waals surface area contributed by atoms with E-state index in [0.717, 1.165) is 15.6 Å². The van der Waals surface area contributed by atoms with Crippen LogP contribution < -0.4 is 9.47 Å². The third kappa shape index (κ3) is 3.34. The summed E-state index contributed by atoms with van der Waals surface area (Å²) >= 11 is 9.72. The van der Waals surface area contributed by atoms with Crippen LogP contribution in [0.4, 0.5) is 0 Å². The van der Waals surface area contributed by atoms with Gasteiger partial charge in [-0.15, -0.1) is 0 Å². The molecule has 0 spiro atoms. The highest BCUT2D eigenvalue weighted by molar-refractivity contribution is 9.10. The summed E-state index contributed by atoms with van der Waals surface area (Å²) in [5.41, 5.74) is 2.38. The predicted octanol–water partition coefficient (Wildman–Crippen LogP) is 4.51. The minimum absolute atomic E-state index is 0.425. The lowest BCUT2D eigenvalue weighted by Gasteiger charge is -2.18. The Bertz CT molecular complexity index is 658. The van der Waals surface area contributed by atoms with E-state index in [9.17, 15) is 5.11 Å². The monoisotopic (exact) mass is 370 g/mol. The van der Waals surface area contributed by atoms with Gasteiger partial charge in [-0.3, -0.25) is 0 Å². The molecule has 0 aliphatic rings. The Balaban J connectivity index is 2.52. The van der Waals surface area contributed by atoms with Gasteiger partial charge in [-0.25, -0.2) is 0 Å². The summed E-state index contributed by atoms with van der Waals surface area (Å²) < 4.78 is 11.3. The summed E-state index contributed by atoms with van der Waals surface area (Å²) in [7, 11) is 3.09. The molecule has 0 aliphatic carbocycles. The molecule has 3 nitrogen and oxygen atoms in total. The van der Waals surface area contributed by atoms with Crippen LogP contribution in [0.25, 0.3) is 0 Å². The van der Waals surface area contributed by atoms with Gasteiger partial charge in [0, 0.05) is 16.1 Å². The molecule has 0 amide bonds. The van der Waals surface area contributed by atoms with Crippen molar-refractivity contribution in [1.29, 1.82) is 0 Å². The maximum Gasteiger partial charge on any atom is 0.162 e. The number of benzene rings is 2. The molecular weight excluding hydrogens is 356 g/mol. The van der Waals surface area contributed by atoms with Crippen LogP contribution >= 0.6 is 27.5 Å². The molecule has 0 saturated carbocycles. The zero-order chi connectivity index (χ0) is 15.6. The molecule has 0 fully saturated rings. The van der Waals surface area contributed by atoms with Crippen LogP contribution in [-0.4, -0.2) is 19.3 Å². The van der Waals surface area contributed by atoms with Crippen molar-refractivity contribution in [2.75, 3.05) is 14.2 Å². The summed E-state index contributed by atoms with van der Waals surface area (Å²) in [5, 5.41) is 11.1. The molecule has 1 N–H and O–H groups in total. The second-order valence-electron chi connectivity index (χ2n) is 4.66. The third-order valence-electron chi connectivity index (χ3n) is 3.24. The summed E-state index contributed by atoms with van der Waals surface area (Å²) in [5.74, 6) is 1.06. The van der Waals surface area contributed by atoms with Crippen molar-refractivity contribution >= 4 is 27.5 Å². The van der Waals surface area contributed by atoms with Crippen LogP contribution in [-0.2, 0) is 0 Å². The van der Waals surface area contributed by atoms with E-state index in [1.807, 2.05) is 25.1 Å². The number of aliphatic hydroxyl groups is 1. The lowest BCUT2D eigenvalue weighted by molar-refractivity contribution is 0.218. The molecule has 21 heavy (non-hydrogen) atoms. The lowest BCUT2D eigenvalue weighted by atomic mass is 9.99. The molecule has 2 aromatic rings. The molecule has 0 bridgehead atoms. The Morgan fingerprint density at radius 3 is 2.29 bits per heavy atom. The first-order valence-corrected chi connectivity index (χ1v) is 7.50. The number of hydrogen-bond acceptors (Lipinski definition) is 3. The first-order chi connectivity index (χ1) is 9.97. The fourth-order valence-corrected chi connectivity index (χ4v) is 2.84. The van der Waals surface area contributed by atoms with Gasteiger partial charge in [0.05, 0.1) is 19.2 Å². The van der Waals surface area contributed by atoms with Gasteiger partial charge >= 0.3 is 0 Å². The molecule has 0 aliphatic heterocycles. The van der Waals surface area contributed by atoms with Crippen molar-refractivity contribution < 1.29 is 14.6 Å². The quantitative estimate of drug-likeness (QED) is 0.859. The predicted molar refractivity (Wildman–Crippen MR) is 87.5 cm³/mol. The molecule has 2 aromatic carbocycles. The van der Waals surface area contributed by atoms with Crippen molar-refractivity contribution in [1.82, 2.24) is 0 Å². The van der Waals surface area contributed by atoms with Gasteiger partial charge in [0.1, 0.15) is 6.10 Å². The molecule has 2 rings (SSSR count). The molecular formula is C16H16BrClO3. The normalized spacial score (nSPS) is 12.1. The molecule has 112 valence electrons. The number of hydrogen-bond donors (Lipinski definition) is 1. The average Bonchev–Trinajstić information content (AvgIpc) is 2.48. The van der Waals surface area contributed by atoms with Gasteiger partial charge in [-0.2, -0.15) is 0 Å². The second-order valence-corrected chi connectivity index (χ2v) is 5.92. The molecule has 0 aromatic heterocycles. The molecule has 0 heterocycles. The van der Waals surface area contributed by atoms with Crippen molar-refractivity contribution in [2.45, 2.75) is 13.0 Å². The van der Waals surface area contributed by atoms with Gasteiger partial charge in [0.15, 0.2) is 11.5 Å². The van der Waals surface area contributed by atoms with Gasteiger partial charge in [0.25, 0.3) is 0 Å². The van der Waals surface area contributed by atoms with Crippen LogP contribution in [0.5, 0.6) is 11.5 Å². The third-order valence-corrected chi connectivity index (χ3v) is 4.29. The van der Waals surface area contributed by atoms with Crippen LogP contribution in [0.15, 0.2) is 34.8 Å². The van der Waals surface area contributed by atoms with Gasteiger partial charge in [-0.05, 0) is 24.6 Å². The summed E-state index contributed by atoms with van der Waals surface area (Å²) in [6, 6.07) is 9.13. The first kappa shape index (κ1) is 16.1. The van der Waals surface area contributed by atoms with Crippen LogP contribution in [0.3, 0.4) is 0 Å². The molecule has 1 atom stereocenters. The highest BCUT2D eigenvalue weighted by Gasteiger charge is 2.20. The number of ether oxygens (including phenoxy) is 2. The van der Waals surface area contributed by atoms with E-state index in [0.29, 0.717) is 22.1 Å². The average molecular weight is 372 g/mol. The van der Waals surface area contributed by atoms with E-state index in [-0.39, 0.29) is 0 Å². The summed E-state index contributed by atoms with van der Waals surface area (Å²) in [4.78, 5) is 0. The van der Waals surface area contributed by atoms with Gasteiger partial charge < -0.3 is 14.6 Å². The fraction of sp³-hybridized carbons (Fsp3) is 0.250. The first-order valence-electron chi connectivity index (χ1n) is 6.33. The Labute approximate surface area is 137 Å². The van der Waals surface area contributed by atoms with Crippen molar-refractivity contribution in [3.63, 3.8) is 0 Å². The summed E-state index contributed by atoms with van der Waals surface area (Å²) in [6.07, 6.45) is -0.855. The number of methoxy groups -OCH3 is 2. The minimum atomic E-state index is -0.855. The van der Waals surface area contributed by atoms with Crippen LogP contribution in [0.1, 0.15) is 22.8 Å². The van der Waals surface area contributed by atoms with E-state index in [2.05, 4.69) is 15.9 Å². The number of aliphatic hydroxyl groups excluding tert-OH is 1. The largest absolute Gasteiger partial charge is 0.493 e. The smallest absolute Gasteiger partial charge is 0.162 e. The Hall–Kier alpha value is -1.23. The second kappa shape index (κ2) is 6.69. The maximum atomic E-state index is 10.7. The zero-order valence-electron chi connectivity index (χ0n) is 12.0. The Morgan fingerprint density at radius 1 is 1.05 bits per heavy atom. The molecule has 5 heteroatoms. The summed E-state index contributed by atoms with van der Waals surface area (Å²) in [6.45, 7) is 1.97. The van der Waals surface area contributed by atoms with Crippen molar-refractivity contribution in [2.24, 2.45) is 0 Å². The molecule has 0 saturated heterocycles. The SMILES string of the molecule is COc1cc(Cl)c(C(O)c2cc(C)ccc2Br)cc1OC. The highest BCUT2D eigenvalue weighted by atomic mass is 79.9. The highest BCUT2D eigenvalue weighted by Crippen LogP contribution is 2.39. The fourth-order valence-electron chi connectivity index (χ4n) is 2.12. The maximum absolute atomic E-state index is 10.7. The molecule has 1 unspecified atom stereocenters. The minimum Gasteiger partial charge on any atom is -0.493 e. The number of rotatable bonds is 4.